The van der Waals surface area contributed by atoms with E-state index in [2.05, 4.69) is 35.5 Å². The molecule has 0 aromatic carbocycles. The standard InChI is InChI=1S/C21H26/c1-3-5-7-9-11-13-15-17-19-21-20-18-16-14-12-10-8-6-4-2/h1-2,5,7H,6,8-14,16,18,20H2/b7-5-. The van der Waals surface area contributed by atoms with Gasteiger partial charge < -0.3 is 0 Å². The molecule has 0 aliphatic heterocycles. The van der Waals surface area contributed by atoms with Crippen LogP contribution in [0.15, 0.2) is 12.2 Å². The quantitative estimate of drug-likeness (QED) is 0.385. The molecule has 0 radical (unpaired) electrons. The number of rotatable bonds is 10. The highest BCUT2D eigenvalue weighted by Gasteiger charge is 1.89. The van der Waals surface area contributed by atoms with Gasteiger partial charge in [0.15, 0.2) is 0 Å². The van der Waals surface area contributed by atoms with E-state index >= 15 is 0 Å². The summed E-state index contributed by atoms with van der Waals surface area (Å²) >= 11 is 0. The Morgan fingerprint density at radius 2 is 1.24 bits per heavy atom. The Morgan fingerprint density at radius 3 is 1.86 bits per heavy atom. The van der Waals surface area contributed by atoms with Crippen LogP contribution >= 0.6 is 0 Å². The maximum Gasteiger partial charge on any atom is 0.0102 e. The fraction of sp³-hybridized carbons (Fsp3) is 0.524. The summed E-state index contributed by atoms with van der Waals surface area (Å²) in [6, 6.07) is 0. The van der Waals surface area contributed by atoms with Gasteiger partial charge in [0.1, 0.15) is 0 Å². The van der Waals surface area contributed by atoms with E-state index in [0.29, 0.717) is 0 Å². The number of terminal acetylenes is 2. The van der Waals surface area contributed by atoms with E-state index in [-0.39, 0.29) is 0 Å². The summed E-state index contributed by atoms with van der Waals surface area (Å²) in [6.45, 7) is 0. The van der Waals surface area contributed by atoms with Crippen LogP contribution in [0.1, 0.15) is 70.6 Å². The van der Waals surface area contributed by atoms with Crippen molar-refractivity contribution in [2.45, 2.75) is 70.6 Å². The summed E-state index contributed by atoms with van der Waals surface area (Å²) < 4.78 is 0. The molecule has 0 heteroatoms. The van der Waals surface area contributed by atoms with E-state index in [0.717, 1.165) is 32.1 Å². The lowest BCUT2D eigenvalue weighted by Gasteiger charge is -1.97. The highest BCUT2D eigenvalue weighted by molar-refractivity contribution is 5.25. The normalized spacial score (nSPS) is 9.05. The lowest BCUT2D eigenvalue weighted by atomic mass is 10.1. The molecule has 0 atom stereocenters. The maximum absolute atomic E-state index is 5.21. The van der Waals surface area contributed by atoms with Crippen molar-refractivity contribution in [2.75, 3.05) is 0 Å². The van der Waals surface area contributed by atoms with Crippen molar-refractivity contribution >= 4 is 0 Å². The average Bonchev–Trinajstić information content (AvgIpc) is 2.50. The molecule has 0 amide bonds. The van der Waals surface area contributed by atoms with Gasteiger partial charge in [-0.3, -0.25) is 0 Å². The van der Waals surface area contributed by atoms with Crippen molar-refractivity contribution in [1.29, 1.82) is 0 Å². The first kappa shape index (κ1) is 19.0. The van der Waals surface area contributed by atoms with Crippen LogP contribution in [-0.2, 0) is 0 Å². The molecule has 0 rings (SSSR count). The Balaban J connectivity index is 3.33. The summed E-state index contributed by atoms with van der Waals surface area (Å²) in [7, 11) is 0. The van der Waals surface area contributed by atoms with Gasteiger partial charge in [0.25, 0.3) is 0 Å². The van der Waals surface area contributed by atoms with E-state index in [1.165, 1.54) is 38.5 Å². The van der Waals surface area contributed by atoms with Crippen molar-refractivity contribution in [1.82, 2.24) is 0 Å². The monoisotopic (exact) mass is 278 g/mol. The minimum Gasteiger partial charge on any atom is -0.120 e. The van der Waals surface area contributed by atoms with Crippen molar-refractivity contribution in [3.63, 3.8) is 0 Å². The van der Waals surface area contributed by atoms with Crippen LogP contribution in [0.4, 0.5) is 0 Å². The molecular formula is C21H26. The van der Waals surface area contributed by atoms with Gasteiger partial charge in [0.05, 0.1) is 0 Å². The van der Waals surface area contributed by atoms with E-state index in [1.807, 2.05) is 6.08 Å². The lowest BCUT2D eigenvalue weighted by molar-refractivity contribution is 0.604. The van der Waals surface area contributed by atoms with Crippen LogP contribution < -0.4 is 0 Å². The van der Waals surface area contributed by atoms with E-state index < -0.39 is 0 Å². The summed E-state index contributed by atoms with van der Waals surface area (Å²) in [5.41, 5.74) is 0. The second-order valence-electron chi connectivity index (χ2n) is 4.89. The molecule has 0 saturated heterocycles. The minimum absolute atomic E-state index is 0.890. The molecule has 0 fully saturated rings. The third-order valence-corrected chi connectivity index (χ3v) is 3.00. The number of hydrogen-bond donors (Lipinski definition) is 0. The Hall–Kier alpha value is -2.02. The molecule has 0 unspecified atom stereocenters. The minimum atomic E-state index is 0.890. The molecule has 0 N–H and O–H groups in total. The van der Waals surface area contributed by atoms with E-state index in [1.54, 1.807) is 6.08 Å². The van der Waals surface area contributed by atoms with Gasteiger partial charge in [-0.2, -0.15) is 0 Å². The molecule has 0 aliphatic carbocycles. The van der Waals surface area contributed by atoms with Gasteiger partial charge in [0.2, 0.25) is 0 Å². The Labute approximate surface area is 131 Å². The zero-order valence-electron chi connectivity index (χ0n) is 13.1. The molecule has 0 aromatic heterocycles. The third-order valence-electron chi connectivity index (χ3n) is 3.00. The molecule has 0 heterocycles. The smallest absolute Gasteiger partial charge is 0.0102 e. The highest BCUT2D eigenvalue weighted by Crippen LogP contribution is 2.07. The Morgan fingerprint density at radius 1 is 0.667 bits per heavy atom. The first-order chi connectivity index (χ1) is 10.4. The highest BCUT2D eigenvalue weighted by atomic mass is 13.9. The molecule has 0 spiro atoms. The third kappa shape index (κ3) is 18.0. The van der Waals surface area contributed by atoms with E-state index in [4.69, 9.17) is 12.8 Å². The van der Waals surface area contributed by atoms with Crippen LogP contribution in [0.5, 0.6) is 0 Å². The first-order valence-electron chi connectivity index (χ1n) is 7.92. The zero-order chi connectivity index (χ0) is 15.4. The molecule has 21 heavy (non-hydrogen) atoms. The SMILES string of the molecule is C#C/C=C\CCCC#CC#CCCCCCCCCC#C. The largest absolute Gasteiger partial charge is 0.120 e. The zero-order valence-corrected chi connectivity index (χ0v) is 13.1. The molecule has 110 valence electrons. The topological polar surface area (TPSA) is 0 Å². The fourth-order valence-electron chi connectivity index (χ4n) is 1.82. The summed E-state index contributed by atoms with van der Waals surface area (Å²) in [5.74, 6) is 17.2. The predicted molar refractivity (Wildman–Crippen MR) is 93.1 cm³/mol. The van der Waals surface area contributed by atoms with Crippen LogP contribution in [0, 0.1) is 48.4 Å². The van der Waals surface area contributed by atoms with Gasteiger partial charge in [-0.05, 0) is 43.6 Å². The fourth-order valence-corrected chi connectivity index (χ4v) is 1.82. The first-order valence-corrected chi connectivity index (χ1v) is 7.92. The second kappa shape index (κ2) is 18.0. The Bertz CT molecular complexity index is 457. The molecule has 0 aliphatic rings. The van der Waals surface area contributed by atoms with Crippen molar-refractivity contribution in [2.24, 2.45) is 0 Å². The summed E-state index contributed by atoms with van der Waals surface area (Å²) in [5, 5.41) is 0. The van der Waals surface area contributed by atoms with Crippen LogP contribution in [0.3, 0.4) is 0 Å². The van der Waals surface area contributed by atoms with Crippen molar-refractivity contribution < 1.29 is 0 Å². The maximum atomic E-state index is 5.21. The van der Waals surface area contributed by atoms with Crippen molar-refractivity contribution in [3.8, 4) is 48.4 Å². The molecular weight excluding hydrogens is 252 g/mol. The van der Waals surface area contributed by atoms with Crippen LogP contribution in [0.2, 0.25) is 0 Å². The predicted octanol–water partition coefficient (Wildman–Crippen LogP) is 5.11. The summed E-state index contributed by atoms with van der Waals surface area (Å²) in [4.78, 5) is 0. The number of hydrogen-bond acceptors (Lipinski definition) is 0. The molecule has 0 nitrogen and oxygen atoms in total. The number of unbranched alkanes of at least 4 members (excludes halogenated alkanes) is 9. The van der Waals surface area contributed by atoms with Crippen LogP contribution in [-0.4, -0.2) is 0 Å². The van der Waals surface area contributed by atoms with E-state index in [9.17, 15) is 0 Å². The van der Waals surface area contributed by atoms with Gasteiger partial charge in [0, 0.05) is 19.3 Å². The van der Waals surface area contributed by atoms with Gasteiger partial charge in [-0.25, -0.2) is 0 Å². The average molecular weight is 278 g/mol. The van der Waals surface area contributed by atoms with Gasteiger partial charge in [-0.1, -0.05) is 49.5 Å². The van der Waals surface area contributed by atoms with Crippen molar-refractivity contribution in [3.05, 3.63) is 12.2 Å². The van der Waals surface area contributed by atoms with Gasteiger partial charge in [-0.15, -0.1) is 18.8 Å². The second-order valence-corrected chi connectivity index (χ2v) is 4.89. The molecule has 0 aromatic rings. The summed E-state index contributed by atoms with van der Waals surface area (Å²) in [6.07, 6.45) is 26.3. The van der Waals surface area contributed by atoms with Gasteiger partial charge >= 0.3 is 0 Å². The molecule has 0 bridgehead atoms. The lowest BCUT2D eigenvalue weighted by Crippen LogP contribution is -1.79. The molecule has 0 saturated carbocycles. The Kier molecular flexibility index (Phi) is 16.3. The number of allylic oxidation sites excluding steroid dienone is 2. The van der Waals surface area contributed by atoms with Crippen LogP contribution in [0.25, 0.3) is 0 Å².